The molecule has 0 aliphatic carbocycles. The standard InChI is InChI=1S/C22H30N4O5S2/c1-17-10-11-19(16-20(17)33(30,31)26-14-12-24(2)13-15-26)23-22(27)21(25(3)32(4,28)29)18-8-6-5-7-9-18/h5-11,16,21H,12-15H2,1-4H3,(H,23,27). The second-order valence-corrected chi connectivity index (χ2v) is 12.2. The highest BCUT2D eigenvalue weighted by molar-refractivity contribution is 7.89. The zero-order valence-corrected chi connectivity index (χ0v) is 20.9. The minimum Gasteiger partial charge on any atom is -0.324 e. The first-order chi connectivity index (χ1) is 15.4. The molecule has 1 aliphatic heterocycles. The van der Waals surface area contributed by atoms with Gasteiger partial charge in [0.25, 0.3) is 0 Å². The zero-order chi connectivity index (χ0) is 24.4. The third-order valence-electron chi connectivity index (χ3n) is 5.79. The first-order valence-corrected chi connectivity index (χ1v) is 13.8. The van der Waals surface area contributed by atoms with Gasteiger partial charge in [-0.15, -0.1) is 0 Å². The molecule has 1 heterocycles. The molecule has 9 nitrogen and oxygen atoms in total. The Morgan fingerprint density at radius 1 is 1.00 bits per heavy atom. The Balaban J connectivity index is 1.91. The number of sulfonamides is 2. The summed E-state index contributed by atoms with van der Waals surface area (Å²) in [5.41, 5.74) is 1.35. The van der Waals surface area contributed by atoms with E-state index in [9.17, 15) is 21.6 Å². The predicted molar refractivity (Wildman–Crippen MR) is 128 cm³/mol. The number of carbonyl (C=O) groups is 1. The molecule has 0 aromatic heterocycles. The summed E-state index contributed by atoms with van der Waals surface area (Å²) in [6, 6.07) is 12.1. The van der Waals surface area contributed by atoms with E-state index in [1.165, 1.54) is 17.4 Å². The molecular formula is C22H30N4O5S2. The van der Waals surface area contributed by atoms with Crippen molar-refractivity contribution in [2.75, 3.05) is 51.8 Å². The number of amides is 1. The number of likely N-dealkylation sites (N-methyl/N-ethyl adjacent to an activating group) is 2. The van der Waals surface area contributed by atoms with E-state index in [1.54, 1.807) is 49.4 Å². The molecule has 33 heavy (non-hydrogen) atoms. The van der Waals surface area contributed by atoms with Crippen LogP contribution >= 0.6 is 0 Å². The number of carbonyl (C=O) groups excluding carboxylic acids is 1. The van der Waals surface area contributed by atoms with E-state index < -0.39 is 32.0 Å². The first-order valence-electron chi connectivity index (χ1n) is 10.5. The molecule has 1 amide bonds. The Bertz CT molecular complexity index is 1210. The lowest BCUT2D eigenvalue weighted by atomic mass is 10.1. The van der Waals surface area contributed by atoms with Gasteiger partial charge in [-0.05, 0) is 37.2 Å². The average molecular weight is 495 g/mol. The molecule has 1 N–H and O–H groups in total. The van der Waals surface area contributed by atoms with Crippen molar-refractivity contribution in [3.63, 3.8) is 0 Å². The van der Waals surface area contributed by atoms with Crippen LogP contribution in [0.2, 0.25) is 0 Å². The van der Waals surface area contributed by atoms with Gasteiger partial charge >= 0.3 is 0 Å². The van der Waals surface area contributed by atoms with Gasteiger partial charge < -0.3 is 10.2 Å². The molecule has 2 aromatic carbocycles. The molecule has 1 fully saturated rings. The van der Waals surface area contributed by atoms with Crippen LogP contribution in [0.1, 0.15) is 17.2 Å². The fourth-order valence-corrected chi connectivity index (χ4v) is 5.96. The lowest BCUT2D eigenvalue weighted by Gasteiger charge is -2.32. The molecule has 2 aromatic rings. The van der Waals surface area contributed by atoms with Crippen molar-refractivity contribution in [3.05, 3.63) is 59.7 Å². The maximum atomic E-state index is 13.3. The van der Waals surface area contributed by atoms with Crippen LogP contribution in [-0.2, 0) is 24.8 Å². The van der Waals surface area contributed by atoms with Gasteiger partial charge in [-0.25, -0.2) is 16.8 Å². The Hall–Kier alpha value is -2.31. The molecule has 0 radical (unpaired) electrons. The fraction of sp³-hybridized carbons (Fsp3) is 0.409. The maximum absolute atomic E-state index is 13.3. The van der Waals surface area contributed by atoms with Gasteiger partial charge in [-0.2, -0.15) is 8.61 Å². The number of anilines is 1. The SMILES string of the molecule is Cc1ccc(NC(=O)C(c2ccccc2)N(C)S(C)(=O)=O)cc1S(=O)(=O)N1CCN(C)CC1. The summed E-state index contributed by atoms with van der Waals surface area (Å²) in [5, 5.41) is 2.71. The quantitative estimate of drug-likeness (QED) is 0.625. The molecule has 0 saturated carbocycles. The minimum atomic E-state index is -3.74. The summed E-state index contributed by atoms with van der Waals surface area (Å²) in [5.74, 6) is -0.582. The van der Waals surface area contributed by atoms with Crippen LogP contribution < -0.4 is 5.32 Å². The molecule has 180 valence electrons. The number of rotatable bonds is 7. The third kappa shape index (κ3) is 5.79. The van der Waals surface area contributed by atoms with Crippen LogP contribution in [0.15, 0.2) is 53.4 Å². The van der Waals surface area contributed by atoms with Crippen LogP contribution in [0, 0.1) is 6.92 Å². The topological polar surface area (TPSA) is 107 Å². The summed E-state index contributed by atoms with van der Waals surface area (Å²) in [4.78, 5) is 15.4. The minimum absolute atomic E-state index is 0.123. The third-order valence-corrected chi connectivity index (χ3v) is 9.08. The molecule has 1 saturated heterocycles. The molecule has 0 bridgehead atoms. The summed E-state index contributed by atoms with van der Waals surface area (Å²) in [6.45, 7) is 3.78. The van der Waals surface area contributed by atoms with Crippen molar-refractivity contribution in [1.29, 1.82) is 0 Å². The predicted octanol–water partition coefficient (Wildman–Crippen LogP) is 1.50. The van der Waals surface area contributed by atoms with Crippen LogP contribution in [-0.4, -0.2) is 82.8 Å². The van der Waals surface area contributed by atoms with Gasteiger partial charge in [0.05, 0.1) is 11.2 Å². The molecule has 1 atom stereocenters. The molecule has 0 spiro atoms. The van der Waals surface area contributed by atoms with Crippen molar-refractivity contribution in [3.8, 4) is 0 Å². The number of hydrogen-bond donors (Lipinski definition) is 1. The van der Waals surface area contributed by atoms with E-state index in [0.29, 0.717) is 37.3 Å². The van der Waals surface area contributed by atoms with Crippen molar-refractivity contribution < 1.29 is 21.6 Å². The highest BCUT2D eigenvalue weighted by atomic mass is 32.2. The Kier molecular flexibility index (Phi) is 7.59. The van der Waals surface area contributed by atoms with E-state index >= 15 is 0 Å². The van der Waals surface area contributed by atoms with E-state index in [1.807, 2.05) is 7.05 Å². The highest BCUT2D eigenvalue weighted by Gasteiger charge is 2.32. The molecular weight excluding hydrogens is 464 g/mol. The van der Waals surface area contributed by atoms with Gasteiger partial charge in [0.15, 0.2) is 0 Å². The van der Waals surface area contributed by atoms with Crippen LogP contribution in [0.25, 0.3) is 0 Å². The second-order valence-electron chi connectivity index (χ2n) is 8.27. The number of nitrogens with zero attached hydrogens (tertiary/aromatic N) is 3. The summed E-state index contributed by atoms with van der Waals surface area (Å²) < 4.78 is 53.3. The van der Waals surface area contributed by atoms with Crippen LogP contribution in [0.5, 0.6) is 0 Å². The second kappa shape index (κ2) is 9.90. The van der Waals surface area contributed by atoms with Crippen LogP contribution in [0.3, 0.4) is 0 Å². The summed E-state index contributed by atoms with van der Waals surface area (Å²) >= 11 is 0. The molecule has 3 rings (SSSR count). The number of piperazine rings is 1. The number of aryl methyl sites for hydroxylation is 1. The number of hydrogen-bond acceptors (Lipinski definition) is 6. The van der Waals surface area contributed by atoms with Gasteiger partial charge in [0.2, 0.25) is 26.0 Å². The van der Waals surface area contributed by atoms with Crippen molar-refractivity contribution >= 4 is 31.6 Å². The number of benzene rings is 2. The fourth-order valence-electron chi connectivity index (χ4n) is 3.69. The maximum Gasteiger partial charge on any atom is 0.247 e. The Morgan fingerprint density at radius 2 is 1.61 bits per heavy atom. The van der Waals surface area contributed by atoms with Gasteiger partial charge in [-0.1, -0.05) is 36.4 Å². The summed E-state index contributed by atoms with van der Waals surface area (Å²) in [7, 11) is -4.13. The van der Waals surface area contributed by atoms with E-state index in [2.05, 4.69) is 10.2 Å². The first kappa shape index (κ1) is 25.3. The Morgan fingerprint density at radius 3 is 2.18 bits per heavy atom. The normalized spacial score (nSPS) is 17.1. The van der Waals surface area contributed by atoms with Crippen molar-refractivity contribution in [1.82, 2.24) is 13.5 Å². The van der Waals surface area contributed by atoms with E-state index in [-0.39, 0.29) is 10.6 Å². The van der Waals surface area contributed by atoms with Gasteiger partial charge in [-0.3, -0.25) is 4.79 Å². The lowest BCUT2D eigenvalue weighted by molar-refractivity contribution is -0.119. The van der Waals surface area contributed by atoms with Gasteiger partial charge in [0, 0.05) is 38.9 Å². The van der Waals surface area contributed by atoms with Gasteiger partial charge in [0.1, 0.15) is 6.04 Å². The smallest absolute Gasteiger partial charge is 0.247 e. The molecule has 1 aliphatic rings. The Labute approximate surface area is 196 Å². The monoisotopic (exact) mass is 494 g/mol. The largest absolute Gasteiger partial charge is 0.324 e. The zero-order valence-electron chi connectivity index (χ0n) is 19.2. The number of nitrogens with one attached hydrogen (secondary N) is 1. The van der Waals surface area contributed by atoms with Crippen LogP contribution in [0.4, 0.5) is 5.69 Å². The molecule has 11 heteroatoms. The highest BCUT2D eigenvalue weighted by Crippen LogP contribution is 2.27. The van der Waals surface area contributed by atoms with E-state index in [4.69, 9.17) is 0 Å². The average Bonchev–Trinajstić information content (AvgIpc) is 2.75. The summed E-state index contributed by atoms with van der Waals surface area (Å²) in [6.07, 6.45) is 1.03. The lowest BCUT2D eigenvalue weighted by Crippen LogP contribution is -2.47. The van der Waals surface area contributed by atoms with E-state index in [0.717, 1.165) is 10.6 Å². The molecule has 1 unspecified atom stereocenters. The van der Waals surface area contributed by atoms with Crippen molar-refractivity contribution in [2.24, 2.45) is 0 Å². The van der Waals surface area contributed by atoms with Crippen molar-refractivity contribution in [2.45, 2.75) is 17.9 Å².